The Balaban J connectivity index is 1.79. The minimum atomic E-state index is -0.413. The van der Waals surface area contributed by atoms with Crippen molar-refractivity contribution in [2.75, 3.05) is 11.0 Å². The van der Waals surface area contributed by atoms with Gasteiger partial charge in [-0.15, -0.1) is 0 Å². The summed E-state index contributed by atoms with van der Waals surface area (Å²) in [5.41, 5.74) is 2.29. The standard InChI is InChI=1S/C28H28INO3/c1-28(2)12-11-20-23(33-28)17-24(32-14-8-4-7-13-29)25-26(20)30(3)22-16-19-10-6-5-9-18(19)15-21(22)27(25)31/h5-6,9-12,15-17H,4,7-8,13-14H2,1-3H3. The molecule has 0 unspecified atom stereocenters. The first-order valence-electron chi connectivity index (χ1n) is 11.5. The Bertz CT molecular complexity index is 1470. The maximum Gasteiger partial charge on any atom is 0.201 e. The molecule has 3 aromatic carbocycles. The van der Waals surface area contributed by atoms with Crippen molar-refractivity contribution < 1.29 is 9.47 Å². The molecule has 170 valence electrons. The van der Waals surface area contributed by atoms with E-state index in [4.69, 9.17) is 9.47 Å². The second-order valence-corrected chi connectivity index (χ2v) is 10.3. The van der Waals surface area contributed by atoms with Crippen LogP contribution in [0.2, 0.25) is 0 Å². The first-order chi connectivity index (χ1) is 15.9. The van der Waals surface area contributed by atoms with E-state index in [1.807, 2.05) is 45.2 Å². The first-order valence-corrected chi connectivity index (χ1v) is 13.0. The van der Waals surface area contributed by atoms with Crippen LogP contribution in [0.4, 0.5) is 0 Å². The zero-order valence-electron chi connectivity index (χ0n) is 19.3. The highest BCUT2D eigenvalue weighted by Crippen LogP contribution is 2.41. The van der Waals surface area contributed by atoms with E-state index in [1.165, 1.54) is 6.42 Å². The molecule has 0 fully saturated rings. The number of fused-ring (bicyclic) bond motifs is 5. The number of rotatable bonds is 6. The lowest BCUT2D eigenvalue weighted by molar-refractivity contribution is 0.158. The molecule has 0 bridgehead atoms. The second-order valence-electron chi connectivity index (χ2n) is 9.25. The van der Waals surface area contributed by atoms with Gasteiger partial charge >= 0.3 is 0 Å². The Morgan fingerprint density at radius 2 is 1.82 bits per heavy atom. The lowest BCUT2D eigenvalue weighted by atomic mass is 9.97. The highest BCUT2D eigenvalue weighted by molar-refractivity contribution is 14.1. The van der Waals surface area contributed by atoms with Crippen molar-refractivity contribution in [2.45, 2.75) is 38.7 Å². The van der Waals surface area contributed by atoms with Crippen molar-refractivity contribution in [3.8, 4) is 11.5 Å². The molecule has 1 aromatic heterocycles. The van der Waals surface area contributed by atoms with Crippen LogP contribution in [0.3, 0.4) is 0 Å². The monoisotopic (exact) mass is 553 g/mol. The van der Waals surface area contributed by atoms with Gasteiger partial charge < -0.3 is 14.0 Å². The van der Waals surface area contributed by atoms with Gasteiger partial charge in [0, 0.05) is 24.1 Å². The van der Waals surface area contributed by atoms with Gasteiger partial charge in [0.1, 0.15) is 17.1 Å². The third kappa shape index (κ3) is 4.01. The van der Waals surface area contributed by atoms with Gasteiger partial charge in [-0.05, 0) is 72.6 Å². The van der Waals surface area contributed by atoms with Crippen molar-refractivity contribution in [3.63, 3.8) is 0 Å². The maximum atomic E-state index is 13.9. The summed E-state index contributed by atoms with van der Waals surface area (Å²) in [4.78, 5) is 13.9. The van der Waals surface area contributed by atoms with E-state index in [1.54, 1.807) is 0 Å². The van der Waals surface area contributed by atoms with Gasteiger partial charge in [-0.2, -0.15) is 0 Å². The molecular formula is C28H28INO3. The number of unbranched alkanes of at least 4 members (excludes halogenated alkanes) is 2. The summed E-state index contributed by atoms with van der Waals surface area (Å²) in [6.07, 6.45) is 7.39. The summed E-state index contributed by atoms with van der Waals surface area (Å²) < 4.78 is 15.8. The third-order valence-corrected chi connectivity index (χ3v) is 7.12. The molecule has 0 atom stereocenters. The van der Waals surface area contributed by atoms with Gasteiger partial charge in [-0.3, -0.25) is 4.79 Å². The molecule has 1 aliphatic rings. The fourth-order valence-electron chi connectivity index (χ4n) is 4.66. The molecule has 0 N–H and O–H groups in total. The predicted molar refractivity (Wildman–Crippen MR) is 146 cm³/mol. The number of nitrogens with zero attached hydrogens (tertiary/aromatic N) is 1. The largest absolute Gasteiger partial charge is 0.493 e. The number of aryl methyl sites for hydroxylation is 1. The molecular weight excluding hydrogens is 525 g/mol. The number of halogens is 1. The quantitative estimate of drug-likeness (QED) is 0.112. The van der Waals surface area contributed by atoms with Crippen molar-refractivity contribution in [3.05, 3.63) is 64.3 Å². The minimum Gasteiger partial charge on any atom is -0.493 e. The molecule has 4 nitrogen and oxygen atoms in total. The number of benzene rings is 3. The molecule has 0 spiro atoms. The SMILES string of the molecule is Cn1c2cc3ccccc3cc2c(=O)c2c(OCCCCCI)cc3c(c21)C=CC(C)(C)O3. The number of alkyl halides is 1. The van der Waals surface area contributed by atoms with Gasteiger partial charge in [-0.1, -0.05) is 46.9 Å². The van der Waals surface area contributed by atoms with E-state index in [2.05, 4.69) is 57.5 Å². The Kier molecular flexibility index (Phi) is 5.85. The molecule has 33 heavy (non-hydrogen) atoms. The fraction of sp³-hybridized carbons (Fsp3) is 0.321. The molecule has 0 saturated heterocycles. The van der Waals surface area contributed by atoms with Crippen LogP contribution < -0.4 is 14.9 Å². The number of aromatic nitrogens is 1. The van der Waals surface area contributed by atoms with Crippen LogP contribution in [0, 0.1) is 0 Å². The summed E-state index contributed by atoms with van der Waals surface area (Å²) in [7, 11) is 2.02. The van der Waals surface area contributed by atoms with Crippen LogP contribution in [-0.2, 0) is 7.05 Å². The van der Waals surface area contributed by atoms with E-state index in [0.717, 1.165) is 50.4 Å². The lowest BCUT2D eigenvalue weighted by Crippen LogP contribution is -2.28. The van der Waals surface area contributed by atoms with Crippen LogP contribution in [0.5, 0.6) is 11.5 Å². The lowest BCUT2D eigenvalue weighted by Gasteiger charge is -2.29. The zero-order chi connectivity index (χ0) is 23.2. The average Bonchev–Trinajstić information content (AvgIpc) is 2.80. The van der Waals surface area contributed by atoms with E-state index < -0.39 is 5.60 Å². The molecule has 0 saturated carbocycles. The molecule has 5 rings (SSSR count). The molecule has 2 heterocycles. The number of pyridine rings is 1. The third-order valence-electron chi connectivity index (χ3n) is 6.36. The number of hydrogen-bond donors (Lipinski definition) is 0. The van der Waals surface area contributed by atoms with Crippen LogP contribution in [-0.4, -0.2) is 21.2 Å². The number of hydrogen-bond acceptors (Lipinski definition) is 3. The Morgan fingerprint density at radius 1 is 1.06 bits per heavy atom. The Hall–Kier alpha value is -2.54. The van der Waals surface area contributed by atoms with Crippen LogP contribution >= 0.6 is 22.6 Å². The molecule has 1 aliphatic heterocycles. The first kappa shape index (κ1) is 22.3. The van der Waals surface area contributed by atoms with Crippen molar-refractivity contribution >= 4 is 61.2 Å². The van der Waals surface area contributed by atoms with Crippen molar-refractivity contribution in [1.29, 1.82) is 0 Å². The van der Waals surface area contributed by atoms with E-state index in [-0.39, 0.29) is 5.43 Å². The predicted octanol–water partition coefficient (Wildman–Crippen LogP) is 7.01. The number of ether oxygens (including phenoxy) is 2. The summed E-state index contributed by atoms with van der Waals surface area (Å²) in [5.74, 6) is 1.37. The summed E-state index contributed by atoms with van der Waals surface area (Å²) in [5, 5.41) is 3.51. The second kappa shape index (κ2) is 8.67. The van der Waals surface area contributed by atoms with Crippen molar-refractivity contribution in [1.82, 2.24) is 4.57 Å². The van der Waals surface area contributed by atoms with Crippen LogP contribution in [0.1, 0.15) is 38.7 Å². The van der Waals surface area contributed by atoms with Gasteiger partial charge in [0.2, 0.25) is 5.43 Å². The van der Waals surface area contributed by atoms with E-state index in [0.29, 0.717) is 23.1 Å². The van der Waals surface area contributed by atoms with Gasteiger partial charge in [0.15, 0.2) is 0 Å². The molecule has 0 aliphatic carbocycles. The van der Waals surface area contributed by atoms with Crippen LogP contribution in [0.15, 0.2) is 53.3 Å². The summed E-state index contributed by atoms with van der Waals surface area (Å²) >= 11 is 2.40. The summed E-state index contributed by atoms with van der Waals surface area (Å²) in [6, 6.07) is 14.2. The fourth-order valence-corrected chi connectivity index (χ4v) is 5.20. The molecule has 0 amide bonds. The molecule has 0 radical (unpaired) electrons. The van der Waals surface area contributed by atoms with Gasteiger partial charge in [0.05, 0.1) is 23.0 Å². The highest BCUT2D eigenvalue weighted by atomic mass is 127. The van der Waals surface area contributed by atoms with Crippen LogP contribution in [0.25, 0.3) is 38.7 Å². The normalized spacial score (nSPS) is 14.5. The van der Waals surface area contributed by atoms with Gasteiger partial charge in [0.25, 0.3) is 0 Å². The minimum absolute atomic E-state index is 0.00662. The van der Waals surface area contributed by atoms with Gasteiger partial charge in [-0.25, -0.2) is 0 Å². The topological polar surface area (TPSA) is 40.5 Å². The van der Waals surface area contributed by atoms with Crippen molar-refractivity contribution in [2.24, 2.45) is 7.05 Å². The summed E-state index contributed by atoms with van der Waals surface area (Å²) in [6.45, 7) is 4.65. The maximum absolute atomic E-state index is 13.9. The van der Waals surface area contributed by atoms with E-state index >= 15 is 0 Å². The zero-order valence-corrected chi connectivity index (χ0v) is 21.4. The Labute approximate surface area is 207 Å². The molecule has 4 aromatic rings. The highest BCUT2D eigenvalue weighted by Gasteiger charge is 2.27. The average molecular weight is 553 g/mol. The molecule has 5 heteroatoms. The smallest absolute Gasteiger partial charge is 0.201 e. The Morgan fingerprint density at radius 3 is 2.58 bits per heavy atom. The van der Waals surface area contributed by atoms with E-state index in [9.17, 15) is 4.79 Å².